The molecular formula is C12H16N2O3S. The molecular weight excluding hydrogens is 252 g/mol. The van der Waals surface area contributed by atoms with E-state index in [4.69, 9.17) is 5.11 Å². The van der Waals surface area contributed by atoms with Gasteiger partial charge in [-0.25, -0.2) is 4.79 Å². The van der Waals surface area contributed by atoms with E-state index >= 15 is 0 Å². The Morgan fingerprint density at radius 3 is 2.89 bits per heavy atom. The molecule has 0 aromatic carbocycles. The molecule has 1 aromatic rings. The lowest BCUT2D eigenvalue weighted by Gasteiger charge is -2.13. The van der Waals surface area contributed by atoms with Gasteiger partial charge in [0.2, 0.25) is 5.91 Å². The number of hydrogen-bond acceptors (Lipinski definition) is 4. The maximum Gasteiger partial charge on any atom is 0.328 e. The van der Waals surface area contributed by atoms with Crippen LogP contribution in [0.15, 0.2) is 17.5 Å². The summed E-state index contributed by atoms with van der Waals surface area (Å²) in [5, 5.41) is 13.0. The lowest BCUT2D eigenvalue weighted by atomic mass is 10.3. The summed E-state index contributed by atoms with van der Waals surface area (Å²) in [6.45, 7) is 1.01. The van der Waals surface area contributed by atoms with Crippen LogP contribution in [-0.4, -0.2) is 42.5 Å². The predicted octanol–water partition coefficient (Wildman–Crippen LogP) is 1.02. The number of likely N-dealkylation sites (N-methyl/N-ethyl adjacent to an activating group) is 2. The molecule has 18 heavy (non-hydrogen) atoms. The summed E-state index contributed by atoms with van der Waals surface area (Å²) < 4.78 is 0. The fourth-order valence-corrected chi connectivity index (χ4v) is 2.31. The Hall–Kier alpha value is -1.66. The summed E-state index contributed by atoms with van der Waals surface area (Å²) in [6, 6.07) is 1.92. The van der Waals surface area contributed by atoms with Gasteiger partial charge in [0.1, 0.15) is 0 Å². The number of carbonyl (C=O) groups excluding carboxylic acids is 1. The average molecular weight is 268 g/mol. The number of hydrogen-bond donors (Lipinski definition) is 2. The van der Waals surface area contributed by atoms with Gasteiger partial charge in [-0.15, -0.1) is 11.3 Å². The van der Waals surface area contributed by atoms with Crippen molar-refractivity contribution in [1.82, 2.24) is 10.2 Å². The van der Waals surface area contributed by atoms with Crippen molar-refractivity contribution in [3.05, 3.63) is 28.0 Å². The number of carbonyl (C=O) groups is 2. The fraction of sp³-hybridized carbons (Fsp3) is 0.333. The second kappa shape index (κ2) is 6.93. The Labute approximate surface area is 110 Å². The van der Waals surface area contributed by atoms with Gasteiger partial charge >= 0.3 is 5.97 Å². The second-order valence-electron chi connectivity index (χ2n) is 3.86. The van der Waals surface area contributed by atoms with Gasteiger partial charge in [0.05, 0.1) is 6.54 Å². The third kappa shape index (κ3) is 5.11. The van der Waals surface area contributed by atoms with E-state index in [0.717, 1.165) is 16.5 Å². The van der Waals surface area contributed by atoms with Crippen LogP contribution in [-0.2, 0) is 16.1 Å². The predicted molar refractivity (Wildman–Crippen MR) is 71.4 cm³/mol. The topological polar surface area (TPSA) is 69.6 Å². The van der Waals surface area contributed by atoms with Crippen LogP contribution in [0.25, 0.3) is 6.08 Å². The summed E-state index contributed by atoms with van der Waals surface area (Å²) >= 11 is 1.55. The fourth-order valence-electron chi connectivity index (χ4n) is 1.38. The van der Waals surface area contributed by atoms with Gasteiger partial charge in [0.15, 0.2) is 0 Å². The first-order valence-electron chi connectivity index (χ1n) is 5.39. The third-order valence-electron chi connectivity index (χ3n) is 2.21. The van der Waals surface area contributed by atoms with Crippen molar-refractivity contribution in [3.63, 3.8) is 0 Å². The lowest BCUT2D eigenvalue weighted by molar-refractivity contribution is -0.131. The molecule has 0 aliphatic heterocycles. The Kier molecular flexibility index (Phi) is 5.54. The first-order valence-corrected chi connectivity index (χ1v) is 6.26. The maximum atomic E-state index is 11.2. The van der Waals surface area contributed by atoms with Gasteiger partial charge in [-0.2, -0.15) is 0 Å². The van der Waals surface area contributed by atoms with Gasteiger partial charge in [-0.3, -0.25) is 9.69 Å². The molecule has 0 aliphatic carbocycles. The minimum atomic E-state index is -0.959. The first-order chi connectivity index (χ1) is 8.51. The molecule has 1 aromatic heterocycles. The average Bonchev–Trinajstić information content (AvgIpc) is 2.73. The van der Waals surface area contributed by atoms with E-state index in [-0.39, 0.29) is 5.91 Å². The quantitative estimate of drug-likeness (QED) is 0.756. The molecule has 2 N–H and O–H groups in total. The van der Waals surface area contributed by atoms with Crippen molar-refractivity contribution in [2.75, 3.05) is 20.6 Å². The van der Waals surface area contributed by atoms with Gasteiger partial charge in [-0.1, -0.05) is 0 Å². The monoisotopic (exact) mass is 268 g/mol. The number of carboxylic acid groups (broad SMARTS) is 1. The van der Waals surface area contributed by atoms with E-state index in [1.54, 1.807) is 24.5 Å². The molecule has 0 aliphatic rings. The summed E-state index contributed by atoms with van der Waals surface area (Å²) in [7, 11) is 3.47. The SMILES string of the molecule is CNC(=O)CN(C)Cc1cc(C=CC(=O)O)cs1. The smallest absolute Gasteiger partial charge is 0.328 e. The number of nitrogens with one attached hydrogen (secondary N) is 1. The summed E-state index contributed by atoms with van der Waals surface area (Å²) in [5.74, 6) is -0.987. The molecule has 0 saturated heterocycles. The number of amides is 1. The minimum absolute atomic E-state index is 0.0277. The zero-order valence-electron chi connectivity index (χ0n) is 10.3. The van der Waals surface area contributed by atoms with Crippen LogP contribution in [0.1, 0.15) is 10.4 Å². The summed E-state index contributed by atoms with van der Waals surface area (Å²) in [5.41, 5.74) is 0.866. The highest BCUT2D eigenvalue weighted by Gasteiger charge is 2.06. The minimum Gasteiger partial charge on any atom is -0.478 e. The third-order valence-corrected chi connectivity index (χ3v) is 3.15. The molecule has 6 heteroatoms. The molecule has 0 bridgehead atoms. The van der Waals surface area contributed by atoms with Crippen LogP contribution >= 0.6 is 11.3 Å². The number of thiophene rings is 1. The highest BCUT2D eigenvalue weighted by molar-refractivity contribution is 7.10. The highest BCUT2D eigenvalue weighted by Crippen LogP contribution is 2.17. The molecule has 5 nitrogen and oxygen atoms in total. The lowest BCUT2D eigenvalue weighted by Crippen LogP contribution is -2.32. The largest absolute Gasteiger partial charge is 0.478 e. The van der Waals surface area contributed by atoms with Gasteiger partial charge in [0.25, 0.3) is 0 Å². The van der Waals surface area contributed by atoms with E-state index in [1.165, 1.54) is 0 Å². The van der Waals surface area contributed by atoms with Crippen molar-refractivity contribution in [2.45, 2.75) is 6.54 Å². The first kappa shape index (κ1) is 14.4. The van der Waals surface area contributed by atoms with E-state index in [0.29, 0.717) is 13.1 Å². The van der Waals surface area contributed by atoms with Crippen LogP contribution < -0.4 is 5.32 Å². The van der Waals surface area contributed by atoms with Crippen LogP contribution in [0.3, 0.4) is 0 Å². The molecule has 98 valence electrons. The molecule has 1 heterocycles. The van der Waals surface area contributed by atoms with Crippen molar-refractivity contribution in [3.8, 4) is 0 Å². The Morgan fingerprint density at radius 1 is 1.56 bits per heavy atom. The van der Waals surface area contributed by atoms with Crippen molar-refractivity contribution in [1.29, 1.82) is 0 Å². The molecule has 1 rings (SSSR count). The number of carboxylic acids is 1. The Morgan fingerprint density at radius 2 is 2.28 bits per heavy atom. The van der Waals surface area contributed by atoms with E-state index in [2.05, 4.69) is 5.32 Å². The number of nitrogens with zero attached hydrogens (tertiary/aromatic N) is 1. The number of rotatable bonds is 6. The van der Waals surface area contributed by atoms with Crippen molar-refractivity contribution in [2.24, 2.45) is 0 Å². The van der Waals surface area contributed by atoms with Crippen LogP contribution in [0.5, 0.6) is 0 Å². The summed E-state index contributed by atoms with van der Waals surface area (Å²) in [4.78, 5) is 24.5. The summed E-state index contributed by atoms with van der Waals surface area (Å²) in [6.07, 6.45) is 2.67. The normalized spacial score (nSPS) is 11.1. The van der Waals surface area contributed by atoms with E-state index in [1.807, 2.05) is 23.4 Å². The molecule has 0 spiro atoms. The van der Waals surface area contributed by atoms with Gasteiger partial charge < -0.3 is 10.4 Å². The molecule has 0 saturated carbocycles. The van der Waals surface area contributed by atoms with Crippen LogP contribution in [0, 0.1) is 0 Å². The Balaban J connectivity index is 2.53. The molecule has 0 unspecified atom stereocenters. The van der Waals surface area contributed by atoms with E-state index < -0.39 is 5.97 Å². The zero-order valence-corrected chi connectivity index (χ0v) is 11.2. The van der Waals surface area contributed by atoms with Crippen LogP contribution in [0.4, 0.5) is 0 Å². The van der Waals surface area contributed by atoms with E-state index in [9.17, 15) is 9.59 Å². The molecule has 0 atom stereocenters. The maximum absolute atomic E-state index is 11.2. The molecule has 1 amide bonds. The molecule has 0 fully saturated rings. The van der Waals surface area contributed by atoms with Gasteiger partial charge in [0, 0.05) is 24.5 Å². The van der Waals surface area contributed by atoms with Crippen molar-refractivity contribution < 1.29 is 14.7 Å². The van der Waals surface area contributed by atoms with Gasteiger partial charge in [-0.05, 0) is 30.1 Å². The zero-order chi connectivity index (χ0) is 13.5. The highest BCUT2D eigenvalue weighted by atomic mass is 32.1. The second-order valence-corrected chi connectivity index (χ2v) is 4.86. The Bertz CT molecular complexity index is 454. The van der Waals surface area contributed by atoms with Crippen LogP contribution in [0.2, 0.25) is 0 Å². The molecule has 0 radical (unpaired) electrons. The number of aliphatic carboxylic acids is 1. The van der Waals surface area contributed by atoms with Crippen molar-refractivity contribution >= 4 is 29.3 Å². The standard InChI is InChI=1S/C12H16N2O3S/c1-13-11(15)7-14(2)6-10-5-9(8-18-10)3-4-12(16)17/h3-5,8H,6-7H2,1-2H3,(H,13,15)(H,16,17).